The van der Waals surface area contributed by atoms with Gasteiger partial charge in [0.05, 0.1) is 18.8 Å². The molecule has 2 aliphatic heterocycles. The van der Waals surface area contributed by atoms with Gasteiger partial charge in [-0.2, -0.15) is 0 Å². The van der Waals surface area contributed by atoms with Gasteiger partial charge in [0.15, 0.2) is 0 Å². The van der Waals surface area contributed by atoms with Crippen molar-refractivity contribution < 1.29 is 0 Å². The lowest BCUT2D eigenvalue weighted by Crippen LogP contribution is -2.50. The van der Waals surface area contributed by atoms with E-state index in [2.05, 4.69) is 55.9 Å². The molecule has 1 aromatic carbocycles. The van der Waals surface area contributed by atoms with Gasteiger partial charge in [-0.05, 0) is 32.4 Å². The highest BCUT2D eigenvalue weighted by Gasteiger charge is 2.40. The molecule has 0 aromatic heterocycles. The number of hydrogen-bond donors (Lipinski definition) is 0. The van der Waals surface area contributed by atoms with E-state index >= 15 is 0 Å². The van der Waals surface area contributed by atoms with E-state index in [1.807, 2.05) is 0 Å². The number of fused-ring (bicyclic) bond motifs is 2. The number of aliphatic imine (C=N–C) groups is 2. The Morgan fingerprint density at radius 2 is 1.89 bits per heavy atom. The first-order valence-corrected chi connectivity index (χ1v) is 6.46. The SMILES string of the molecule is Cc1ccc2c(c1)C(C)(C)C1=NCCN=C1N2C. The molecule has 0 N–H and O–H groups in total. The van der Waals surface area contributed by atoms with E-state index in [4.69, 9.17) is 4.99 Å². The number of nitrogens with zero attached hydrogens (tertiary/aromatic N) is 3. The fraction of sp³-hybridized carbons (Fsp3) is 0.467. The average molecular weight is 241 g/mol. The highest BCUT2D eigenvalue weighted by atomic mass is 15.2. The first-order chi connectivity index (χ1) is 8.51. The van der Waals surface area contributed by atoms with Crippen molar-refractivity contribution in [3.05, 3.63) is 29.3 Å². The molecule has 0 saturated heterocycles. The van der Waals surface area contributed by atoms with Crippen LogP contribution in [0.4, 0.5) is 5.69 Å². The summed E-state index contributed by atoms with van der Waals surface area (Å²) in [4.78, 5) is 11.6. The molecule has 1 aromatic rings. The van der Waals surface area contributed by atoms with Crippen LogP contribution < -0.4 is 4.90 Å². The molecule has 3 nitrogen and oxygen atoms in total. The van der Waals surface area contributed by atoms with Crippen LogP contribution in [-0.2, 0) is 5.41 Å². The highest BCUT2D eigenvalue weighted by molar-refractivity contribution is 6.50. The lowest BCUT2D eigenvalue weighted by atomic mass is 9.74. The quantitative estimate of drug-likeness (QED) is 0.686. The van der Waals surface area contributed by atoms with Gasteiger partial charge >= 0.3 is 0 Å². The normalized spacial score (nSPS) is 20.8. The zero-order valence-electron chi connectivity index (χ0n) is 11.5. The number of anilines is 1. The van der Waals surface area contributed by atoms with Gasteiger partial charge in [-0.3, -0.25) is 9.98 Å². The Morgan fingerprint density at radius 3 is 2.67 bits per heavy atom. The van der Waals surface area contributed by atoms with Crippen molar-refractivity contribution in [1.29, 1.82) is 0 Å². The molecule has 0 unspecified atom stereocenters. The van der Waals surface area contributed by atoms with Gasteiger partial charge in [0, 0.05) is 18.2 Å². The van der Waals surface area contributed by atoms with Gasteiger partial charge in [-0.25, -0.2) is 0 Å². The Hall–Kier alpha value is -1.64. The molecule has 0 bridgehead atoms. The molecule has 0 spiro atoms. The molecular weight excluding hydrogens is 222 g/mol. The summed E-state index contributed by atoms with van der Waals surface area (Å²) < 4.78 is 0. The Kier molecular flexibility index (Phi) is 2.34. The van der Waals surface area contributed by atoms with E-state index < -0.39 is 0 Å². The van der Waals surface area contributed by atoms with Crippen molar-refractivity contribution in [2.75, 3.05) is 25.0 Å². The Morgan fingerprint density at radius 1 is 1.17 bits per heavy atom. The predicted molar refractivity (Wildman–Crippen MR) is 77.2 cm³/mol. The Balaban J connectivity index is 2.29. The van der Waals surface area contributed by atoms with Gasteiger partial charge in [0.1, 0.15) is 5.84 Å². The maximum absolute atomic E-state index is 4.73. The molecule has 3 rings (SSSR count). The Bertz CT molecular complexity index is 567. The largest absolute Gasteiger partial charge is 0.328 e. The molecule has 0 aliphatic carbocycles. The molecule has 2 aliphatic rings. The number of rotatable bonds is 0. The van der Waals surface area contributed by atoms with Crippen molar-refractivity contribution in [2.45, 2.75) is 26.2 Å². The molecule has 94 valence electrons. The van der Waals surface area contributed by atoms with Crippen LogP contribution in [-0.4, -0.2) is 31.7 Å². The van der Waals surface area contributed by atoms with E-state index in [9.17, 15) is 0 Å². The van der Waals surface area contributed by atoms with E-state index in [1.165, 1.54) is 16.8 Å². The monoisotopic (exact) mass is 241 g/mol. The topological polar surface area (TPSA) is 28.0 Å². The smallest absolute Gasteiger partial charge is 0.150 e. The van der Waals surface area contributed by atoms with Crippen LogP contribution in [0.3, 0.4) is 0 Å². The zero-order chi connectivity index (χ0) is 12.9. The van der Waals surface area contributed by atoms with E-state index in [0.717, 1.165) is 24.6 Å². The first kappa shape index (κ1) is 11.5. The minimum absolute atomic E-state index is 0.0485. The van der Waals surface area contributed by atoms with Crippen molar-refractivity contribution in [3.8, 4) is 0 Å². The first-order valence-electron chi connectivity index (χ1n) is 6.46. The molecule has 2 heterocycles. The van der Waals surface area contributed by atoms with Crippen molar-refractivity contribution in [2.24, 2.45) is 9.98 Å². The summed E-state index contributed by atoms with van der Waals surface area (Å²) in [5.74, 6) is 1.04. The third-order valence-electron chi connectivity index (χ3n) is 3.94. The van der Waals surface area contributed by atoms with Crippen molar-refractivity contribution in [3.63, 3.8) is 0 Å². The number of aryl methyl sites for hydroxylation is 1. The third kappa shape index (κ3) is 1.43. The molecule has 0 saturated carbocycles. The summed E-state index contributed by atoms with van der Waals surface area (Å²) in [6.07, 6.45) is 0. The molecule has 18 heavy (non-hydrogen) atoms. The Labute approximate surface area is 108 Å². The average Bonchev–Trinajstić information content (AvgIpc) is 2.36. The fourth-order valence-electron chi connectivity index (χ4n) is 2.89. The van der Waals surface area contributed by atoms with Crippen LogP contribution in [0, 0.1) is 6.92 Å². The van der Waals surface area contributed by atoms with Gasteiger partial charge in [-0.1, -0.05) is 17.7 Å². The molecule has 0 amide bonds. The van der Waals surface area contributed by atoms with Gasteiger partial charge < -0.3 is 4.90 Å². The highest BCUT2D eigenvalue weighted by Crippen LogP contribution is 2.39. The second kappa shape index (κ2) is 3.67. The van der Waals surface area contributed by atoms with Gasteiger partial charge in [0.2, 0.25) is 0 Å². The van der Waals surface area contributed by atoms with E-state index in [0.29, 0.717) is 0 Å². The van der Waals surface area contributed by atoms with Crippen LogP contribution >= 0.6 is 0 Å². The summed E-state index contributed by atoms with van der Waals surface area (Å²) in [6.45, 7) is 8.26. The van der Waals surface area contributed by atoms with Crippen LogP contribution in [0.2, 0.25) is 0 Å². The van der Waals surface area contributed by atoms with Crippen molar-refractivity contribution in [1.82, 2.24) is 0 Å². The maximum atomic E-state index is 4.73. The van der Waals surface area contributed by atoms with E-state index in [-0.39, 0.29) is 5.41 Å². The van der Waals surface area contributed by atoms with Crippen LogP contribution in [0.25, 0.3) is 0 Å². The molecule has 0 atom stereocenters. The standard InChI is InChI=1S/C15H19N3/c1-10-5-6-12-11(9-10)15(2,3)13-14(18(12)4)17-8-7-16-13/h5-6,9H,7-8H2,1-4H3. The molecule has 0 radical (unpaired) electrons. The number of benzene rings is 1. The molecular formula is C15H19N3. The van der Waals surface area contributed by atoms with Crippen LogP contribution in [0.15, 0.2) is 28.2 Å². The van der Waals surface area contributed by atoms with Crippen LogP contribution in [0.1, 0.15) is 25.0 Å². The lowest BCUT2D eigenvalue weighted by Gasteiger charge is -2.41. The molecule has 0 fully saturated rings. The summed E-state index contributed by atoms with van der Waals surface area (Å²) in [6, 6.07) is 6.64. The van der Waals surface area contributed by atoms with E-state index in [1.54, 1.807) is 0 Å². The summed E-state index contributed by atoms with van der Waals surface area (Å²) >= 11 is 0. The van der Waals surface area contributed by atoms with Gasteiger partial charge in [-0.15, -0.1) is 0 Å². The van der Waals surface area contributed by atoms with Gasteiger partial charge in [0.25, 0.3) is 0 Å². The summed E-state index contributed by atoms with van der Waals surface area (Å²) in [7, 11) is 2.09. The third-order valence-corrected chi connectivity index (χ3v) is 3.94. The van der Waals surface area contributed by atoms with Crippen molar-refractivity contribution >= 4 is 17.2 Å². The second-order valence-corrected chi connectivity index (χ2v) is 5.64. The molecule has 3 heteroatoms. The minimum atomic E-state index is -0.0485. The summed E-state index contributed by atoms with van der Waals surface area (Å²) in [5.41, 5.74) is 4.99. The van der Waals surface area contributed by atoms with Crippen LogP contribution in [0.5, 0.6) is 0 Å². The number of amidine groups is 1. The maximum Gasteiger partial charge on any atom is 0.150 e. The fourth-order valence-corrected chi connectivity index (χ4v) is 2.89. The second-order valence-electron chi connectivity index (χ2n) is 5.64. The predicted octanol–water partition coefficient (Wildman–Crippen LogP) is 2.58. The number of hydrogen-bond acceptors (Lipinski definition) is 3. The minimum Gasteiger partial charge on any atom is -0.328 e. The summed E-state index contributed by atoms with van der Waals surface area (Å²) in [5, 5.41) is 0. The lowest BCUT2D eigenvalue weighted by molar-refractivity contribution is 0.702. The zero-order valence-corrected chi connectivity index (χ0v) is 11.5.